The third-order valence-corrected chi connectivity index (χ3v) is 8.39. The molecular formula is C33H35Cl2N7O5. The van der Waals surface area contributed by atoms with Gasteiger partial charge >= 0.3 is 0 Å². The Labute approximate surface area is 282 Å². The molecule has 1 aliphatic rings. The number of hydrogen-bond acceptors (Lipinski definition) is 10. The lowest BCUT2D eigenvalue weighted by atomic mass is 10.1. The molecule has 12 nitrogen and oxygen atoms in total. The molecule has 14 heteroatoms. The molecule has 4 heterocycles. The van der Waals surface area contributed by atoms with Crippen molar-refractivity contribution < 1.29 is 24.2 Å². The van der Waals surface area contributed by atoms with E-state index in [9.17, 15) is 9.59 Å². The number of nitrogens with zero attached hydrogens (tertiary/aromatic N) is 3. The van der Waals surface area contributed by atoms with Crippen molar-refractivity contribution in [3.63, 3.8) is 0 Å². The standard InChI is InChI=1S/C33H35Cl2N7O5/c1-46-27-18-39-26(14-20(27)16-36-12-13-43)32(45)41-25-5-3-4-23(29(25)34)31-30(35)22(10-11-38-31)24-8-6-19(33(42-24)47-2)15-37-17-21-7-9-28(44)40-21/h3-6,8,10-11,14,18,21,36-37,43H,7,9,12-13,15-17H2,1-2H3,(H,40,44)(H,41,45). The number of carbonyl (C=O) groups excluding carboxylic acids is 2. The van der Waals surface area contributed by atoms with Crippen molar-refractivity contribution in [2.75, 3.05) is 39.2 Å². The van der Waals surface area contributed by atoms with Gasteiger partial charge in [0, 0.05) is 67.1 Å². The highest BCUT2D eigenvalue weighted by Crippen LogP contribution is 2.40. The molecule has 4 aromatic rings. The average Bonchev–Trinajstić information content (AvgIpc) is 3.50. The highest BCUT2D eigenvalue weighted by atomic mass is 35.5. The van der Waals surface area contributed by atoms with Gasteiger partial charge in [0.25, 0.3) is 5.91 Å². The van der Waals surface area contributed by atoms with Gasteiger partial charge in [-0.1, -0.05) is 41.4 Å². The van der Waals surface area contributed by atoms with Crippen LogP contribution in [-0.2, 0) is 17.9 Å². The quantitative estimate of drug-likeness (QED) is 0.122. The minimum absolute atomic E-state index is 0.0177. The van der Waals surface area contributed by atoms with E-state index in [-0.39, 0.29) is 29.3 Å². The SMILES string of the molecule is COc1cnc(C(=O)Nc2cccc(-c3nccc(-c4ccc(CNCC5CCC(=O)N5)c(OC)n4)c3Cl)c2Cl)cc1CNCCO. The van der Waals surface area contributed by atoms with Crippen LogP contribution < -0.4 is 30.7 Å². The number of anilines is 1. The number of amides is 2. The van der Waals surface area contributed by atoms with Crippen molar-refractivity contribution in [3.05, 3.63) is 81.7 Å². The molecule has 246 valence electrons. The van der Waals surface area contributed by atoms with Gasteiger partial charge in [-0.2, -0.15) is 0 Å². The third-order valence-electron chi connectivity index (χ3n) is 7.60. The van der Waals surface area contributed by atoms with Crippen molar-refractivity contribution in [3.8, 4) is 34.1 Å². The number of aliphatic hydroxyl groups excluding tert-OH is 1. The maximum atomic E-state index is 13.2. The van der Waals surface area contributed by atoms with Crippen LogP contribution >= 0.6 is 23.2 Å². The normalized spacial score (nSPS) is 14.1. The molecule has 5 rings (SSSR count). The van der Waals surface area contributed by atoms with Gasteiger partial charge in [-0.25, -0.2) is 9.97 Å². The zero-order valence-corrected chi connectivity index (χ0v) is 27.4. The van der Waals surface area contributed by atoms with Crippen LogP contribution in [0.2, 0.25) is 10.0 Å². The molecule has 0 spiro atoms. The smallest absolute Gasteiger partial charge is 0.274 e. The second-order valence-corrected chi connectivity index (χ2v) is 11.5. The lowest BCUT2D eigenvalue weighted by Crippen LogP contribution is -2.35. The molecule has 47 heavy (non-hydrogen) atoms. The van der Waals surface area contributed by atoms with Gasteiger partial charge in [0.15, 0.2) is 0 Å². The van der Waals surface area contributed by atoms with E-state index in [1.807, 2.05) is 12.1 Å². The number of aromatic nitrogens is 3. The van der Waals surface area contributed by atoms with Gasteiger partial charge in [-0.3, -0.25) is 14.6 Å². The van der Waals surface area contributed by atoms with Crippen molar-refractivity contribution in [1.82, 2.24) is 30.9 Å². The van der Waals surface area contributed by atoms with Gasteiger partial charge in [0.05, 0.1) is 54.1 Å². The van der Waals surface area contributed by atoms with Crippen molar-refractivity contribution in [2.24, 2.45) is 0 Å². The summed E-state index contributed by atoms with van der Waals surface area (Å²) in [4.78, 5) is 38.1. The molecule has 0 bridgehead atoms. The van der Waals surface area contributed by atoms with E-state index in [2.05, 4.69) is 31.2 Å². The molecular weight excluding hydrogens is 645 g/mol. The van der Waals surface area contributed by atoms with E-state index in [0.29, 0.717) is 83.0 Å². The summed E-state index contributed by atoms with van der Waals surface area (Å²) in [5.41, 5.74) is 4.21. The summed E-state index contributed by atoms with van der Waals surface area (Å²) >= 11 is 13.8. The van der Waals surface area contributed by atoms with Gasteiger partial charge in [0.2, 0.25) is 11.8 Å². The molecule has 2 amide bonds. The number of nitrogens with one attached hydrogen (secondary N) is 4. The number of pyridine rings is 3. The first-order chi connectivity index (χ1) is 22.8. The highest BCUT2D eigenvalue weighted by Gasteiger charge is 2.21. The molecule has 1 unspecified atom stereocenters. The summed E-state index contributed by atoms with van der Waals surface area (Å²) in [6, 6.07) is 12.5. The molecule has 0 radical (unpaired) electrons. The summed E-state index contributed by atoms with van der Waals surface area (Å²) in [5.74, 6) is 0.571. The van der Waals surface area contributed by atoms with Crippen molar-refractivity contribution in [1.29, 1.82) is 0 Å². The first-order valence-electron chi connectivity index (χ1n) is 15.0. The Morgan fingerprint density at radius 1 is 1.02 bits per heavy atom. The number of benzene rings is 1. The van der Waals surface area contributed by atoms with Gasteiger partial charge < -0.3 is 35.8 Å². The summed E-state index contributed by atoms with van der Waals surface area (Å²) in [5, 5.41) is 21.9. The molecule has 5 N–H and O–H groups in total. The fourth-order valence-electron chi connectivity index (χ4n) is 5.20. The molecule has 0 aliphatic carbocycles. The first kappa shape index (κ1) is 34.0. The van der Waals surface area contributed by atoms with Crippen molar-refractivity contribution >= 4 is 40.7 Å². The summed E-state index contributed by atoms with van der Waals surface area (Å²) < 4.78 is 10.9. The molecule has 1 saturated heterocycles. The molecule has 1 aromatic carbocycles. The van der Waals surface area contributed by atoms with E-state index >= 15 is 0 Å². The van der Waals surface area contributed by atoms with Crippen LogP contribution in [0.25, 0.3) is 22.5 Å². The Morgan fingerprint density at radius 2 is 1.85 bits per heavy atom. The second kappa shape index (κ2) is 16.0. The largest absolute Gasteiger partial charge is 0.495 e. The second-order valence-electron chi connectivity index (χ2n) is 10.7. The van der Waals surface area contributed by atoms with Gasteiger partial charge in [-0.15, -0.1) is 0 Å². The number of methoxy groups -OCH3 is 2. The van der Waals surface area contributed by atoms with E-state index in [1.165, 1.54) is 13.3 Å². The summed E-state index contributed by atoms with van der Waals surface area (Å²) in [7, 11) is 3.08. The van der Waals surface area contributed by atoms with Crippen LogP contribution in [0.5, 0.6) is 11.6 Å². The Bertz CT molecular complexity index is 1760. The molecule has 1 atom stereocenters. The Kier molecular flexibility index (Phi) is 11.6. The Hall–Kier alpha value is -4.33. The number of rotatable bonds is 14. The van der Waals surface area contributed by atoms with E-state index in [1.54, 1.807) is 43.6 Å². The maximum absolute atomic E-state index is 13.2. The van der Waals surface area contributed by atoms with Crippen LogP contribution in [0, 0.1) is 0 Å². The average molecular weight is 681 g/mol. The minimum atomic E-state index is -0.471. The van der Waals surface area contributed by atoms with Crippen LogP contribution in [0.4, 0.5) is 5.69 Å². The fraction of sp³-hybridized carbons (Fsp3) is 0.303. The monoisotopic (exact) mass is 679 g/mol. The summed E-state index contributed by atoms with van der Waals surface area (Å²) in [6.07, 6.45) is 4.46. The Morgan fingerprint density at radius 3 is 2.60 bits per heavy atom. The zero-order valence-electron chi connectivity index (χ0n) is 25.9. The van der Waals surface area contributed by atoms with Crippen molar-refractivity contribution in [2.45, 2.75) is 32.0 Å². The molecule has 3 aromatic heterocycles. The number of aliphatic hydroxyl groups is 1. The van der Waals surface area contributed by atoms with Crippen LogP contribution in [0.3, 0.4) is 0 Å². The predicted octanol–water partition coefficient (Wildman–Crippen LogP) is 4.23. The van der Waals surface area contributed by atoms with E-state index in [4.69, 9.17) is 42.8 Å². The number of carbonyl (C=O) groups is 2. The maximum Gasteiger partial charge on any atom is 0.274 e. The van der Waals surface area contributed by atoms with Gasteiger partial charge in [0.1, 0.15) is 11.4 Å². The molecule has 1 fully saturated rings. The number of ether oxygens (including phenoxy) is 2. The first-order valence-corrected chi connectivity index (χ1v) is 15.7. The third kappa shape index (κ3) is 8.16. The number of halogens is 2. The lowest BCUT2D eigenvalue weighted by molar-refractivity contribution is -0.119. The van der Waals surface area contributed by atoms with E-state index < -0.39 is 5.91 Å². The zero-order chi connectivity index (χ0) is 33.3. The minimum Gasteiger partial charge on any atom is -0.495 e. The summed E-state index contributed by atoms with van der Waals surface area (Å²) in [6.45, 7) is 1.92. The van der Waals surface area contributed by atoms with E-state index in [0.717, 1.165) is 12.0 Å². The topological polar surface area (TPSA) is 160 Å². The van der Waals surface area contributed by atoms with Crippen LogP contribution in [-0.4, -0.2) is 71.8 Å². The number of hydrogen-bond donors (Lipinski definition) is 5. The Balaban J connectivity index is 1.35. The molecule has 0 saturated carbocycles. The fourth-order valence-corrected chi connectivity index (χ4v) is 5.78. The predicted molar refractivity (Wildman–Crippen MR) is 180 cm³/mol. The highest BCUT2D eigenvalue weighted by molar-refractivity contribution is 6.39. The van der Waals surface area contributed by atoms with Gasteiger partial charge in [-0.05, 0) is 30.7 Å². The van der Waals surface area contributed by atoms with Crippen LogP contribution in [0.15, 0.2) is 54.9 Å². The molecule has 1 aliphatic heterocycles. The lowest BCUT2D eigenvalue weighted by Gasteiger charge is -2.15. The van der Waals surface area contributed by atoms with Crippen LogP contribution in [0.1, 0.15) is 34.5 Å².